The van der Waals surface area contributed by atoms with Crippen molar-refractivity contribution in [2.45, 2.75) is 38.1 Å². The van der Waals surface area contributed by atoms with Gasteiger partial charge in [-0.1, -0.05) is 19.9 Å². The fourth-order valence-corrected chi connectivity index (χ4v) is 1.52. The van der Waals surface area contributed by atoms with Gasteiger partial charge in [0.25, 0.3) is 5.79 Å². The first-order valence-electron chi connectivity index (χ1n) is 5.78. The molecule has 0 bridgehead atoms. The summed E-state index contributed by atoms with van der Waals surface area (Å²) in [6.07, 6.45) is 2.50. The molecule has 1 heterocycles. The van der Waals surface area contributed by atoms with E-state index in [2.05, 4.69) is 6.58 Å². The van der Waals surface area contributed by atoms with Crippen LogP contribution in [-0.4, -0.2) is 41.6 Å². The predicted molar refractivity (Wildman–Crippen MR) is 61.5 cm³/mol. The minimum absolute atomic E-state index is 0.244. The molecule has 0 radical (unpaired) electrons. The largest absolute Gasteiger partial charge is 0.456 e. The Morgan fingerprint density at radius 3 is 2.78 bits per heavy atom. The minimum atomic E-state index is -2.03. The van der Waals surface area contributed by atoms with Gasteiger partial charge in [-0.15, -0.1) is 0 Å². The Kier molecular flexibility index (Phi) is 4.48. The van der Waals surface area contributed by atoms with Gasteiger partial charge in [0.15, 0.2) is 6.61 Å². The summed E-state index contributed by atoms with van der Waals surface area (Å²) in [5.41, 5.74) is -2.03. The second-order valence-corrected chi connectivity index (χ2v) is 4.23. The van der Waals surface area contributed by atoms with Gasteiger partial charge >= 0.3 is 11.9 Å². The van der Waals surface area contributed by atoms with Crippen LogP contribution in [0.25, 0.3) is 0 Å². The smallest absolute Gasteiger partial charge is 0.345 e. The van der Waals surface area contributed by atoms with Crippen molar-refractivity contribution in [3.63, 3.8) is 0 Å². The van der Waals surface area contributed by atoms with Gasteiger partial charge in [0.1, 0.15) is 0 Å². The number of ether oxygens (including phenoxy) is 3. The Morgan fingerprint density at radius 2 is 2.33 bits per heavy atom. The first-order valence-corrected chi connectivity index (χ1v) is 5.78. The highest BCUT2D eigenvalue weighted by atomic mass is 16.8. The molecule has 0 aliphatic carbocycles. The first-order chi connectivity index (χ1) is 8.39. The number of carbonyl (C=O) groups excluding carboxylic acids is 2. The van der Waals surface area contributed by atoms with Crippen molar-refractivity contribution in [3.05, 3.63) is 12.7 Å². The summed E-state index contributed by atoms with van der Waals surface area (Å²) in [5.74, 6) is -3.47. The molecule has 1 N–H and O–H groups in total. The Hall–Kier alpha value is -1.40. The highest BCUT2D eigenvalue weighted by molar-refractivity contribution is 5.85. The monoisotopic (exact) mass is 258 g/mol. The highest BCUT2D eigenvalue weighted by Crippen LogP contribution is 2.35. The zero-order valence-corrected chi connectivity index (χ0v) is 10.6. The predicted octanol–water partition coefficient (Wildman–Crippen LogP) is 0.536. The molecule has 0 aromatic carbocycles. The number of unbranched alkanes of at least 4 members (excludes halogenated alkanes) is 1. The number of cyclic esters (lactones) is 1. The summed E-state index contributed by atoms with van der Waals surface area (Å²) >= 11 is 0. The van der Waals surface area contributed by atoms with Crippen LogP contribution in [0.4, 0.5) is 0 Å². The molecule has 0 saturated carbocycles. The summed E-state index contributed by atoms with van der Waals surface area (Å²) in [4.78, 5) is 22.7. The van der Waals surface area contributed by atoms with Gasteiger partial charge in [-0.2, -0.15) is 0 Å². The Morgan fingerprint density at radius 1 is 1.67 bits per heavy atom. The van der Waals surface area contributed by atoms with Crippen LogP contribution in [0.5, 0.6) is 0 Å². The number of rotatable bonds is 6. The maximum Gasteiger partial charge on any atom is 0.345 e. The fraction of sp³-hybridized carbons (Fsp3) is 0.667. The number of aliphatic hydroxyl groups is 1. The molecule has 2 unspecified atom stereocenters. The fourth-order valence-electron chi connectivity index (χ4n) is 1.52. The van der Waals surface area contributed by atoms with E-state index in [0.29, 0.717) is 6.42 Å². The molecular weight excluding hydrogens is 240 g/mol. The molecule has 102 valence electrons. The maximum atomic E-state index is 11.4. The molecule has 0 aromatic rings. The van der Waals surface area contributed by atoms with Crippen molar-refractivity contribution < 1.29 is 28.9 Å². The molecule has 1 aliphatic rings. The van der Waals surface area contributed by atoms with E-state index in [1.54, 1.807) is 0 Å². The molecule has 1 aliphatic heterocycles. The summed E-state index contributed by atoms with van der Waals surface area (Å²) in [5, 5.41) is 10.1. The molecule has 2 atom stereocenters. The van der Waals surface area contributed by atoms with Gasteiger partial charge in [0.2, 0.25) is 5.60 Å². The number of hydrogen-bond donors (Lipinski definition) is 1. The highest BCUT2D eigenvalue weighted by Gasteiger charge is 2.64. The zero-order chi connectivity index (χ0) is 13.8. The quantitative estimate of drug-likeness (QED) is 0.324. The number of hydrogen-bond acceptors (Lipinski definition) is 6. The molecule has 0 amide bonds. The third-order valence-corrected chi connectivity index (χ3v) is 2.80. The first kappa shape index (κ1) is 14.7. The summed E-state index contributed by atoms with van der Waals surface area (Å²) in [6, 6.07) is 0. The SMILES string of the molecule is C=CC(=O)OC1(OCCCC)COC(=O)C1(C)O. The van der Waals surface area contributed by atoms with E-state index in [1.165, 1.54) is 6.92 Å². The second kappa shape index (κ2) is 5.49. The molecule has 1 saturated heterocycles. The lowest BCUT2D eigenvalue weighted by atomic mass is 9.98. The topological polar surface area (TPSA) is 82.1 Å². The maximum absolute atomic E-state index is 11.4. The van der Waals surface area contributed by atoms with Gasteiger partial charge in [0, 0.05) is 6.08 Å². The number of carbonyl (C=O) groups is 2. The summed E-state index contributed by atoms with van der Waals surface area (Å²) in [7, 11) is 0. The van der Waals surface area contributed by atoms with Crippen LogP contribution in [0.3, 0.4) is 0 Å². The molecule has 6 nitrogen and oxygen atoms in total. The normalized spacial score (nSPS) is 30.9. The van der Waals surface area contributed by atoms with E-state index < -0.39 is 23.3 Å². The molecule has 0 aromatic heterocycles. The van der Waals surface area contributed by atoms with Gasteiger partial charge in [-0.3, -0.25) is 0 Å². The lowest BCUT2D eigenvalue weighted by molar-refractivity contribution is -0.278. The third kappa shape index (κ3) is 2.54. The van der Waals surface area contributed by atoms with Crippen LogP contribution >= 0.6 is 0 Å². The molecule has 0 spiro atoms. The second-order valence-electron chi connectivity index (χ2n) is 4.23. The Labute approximate surface area is 106 Å². The van der Waals surface area contributed by atoms with Crippen LogP contribution in [0.2, 0.25) is 0 Å². The average Bonchev–Trinajstić information content (AvgIpc) is 2.54. The zero-order valence-electron chi connectivity index (χ0n) is 10.6. The standard InChI is InChI=1S/C12H18O6/c1-4-6-7-17-12(18-9(13)5-2)8-16-10(14)11(12,3)15/h5,15H,2,4,6-8H2,1,3H3. The van der Waals surface area contributed by atoms with E-state index in [-0.39, 0.29) is 13.2 Å². The van der Waals surface area contributed by atoms with Crippen molar-refractivity contribution in [1.82, 2.24) is 0 Å². The van der Waals surface area contributed by atoms with Crippen molar-refractivity contribution >= 4 is 11.9 Å². The summed E-state index contributed by atoms with van der Waals surface area (Å²) in [6.45, 7) is 6.33. The molecule has 6 heteroatoms. The van der Waals surface area contributed by atoms with E-state index in [9.17, 15) is 14.7 Å². The molecule has 18 heavy (non-hydrogen) atoms. The lowest BCUT2D eigenvalue weighted by Gasteiger charge is -2.34. The lowest BCUT2D eigenvalue weighted by Crippen LogP contribution is -2.57. The van der Waals surface area contributed by atoms with Crippen molar-refractivity contribution in [2.75, 3.05) is 13.2 Å². The van der Waals surface area contributed by atoms with Crippen molar-refractivity contribution in [1.29, 1.82) is 0 Å². The number of esters is 2. The van der Waals surface area contributed by atoms with E-state index >= 15 is 0 Å². The van der Waals surface area contributed by atoms with Gasteiger partial charge in [-0.25, -0.2) is 9.59 Å². The third-order valence-electron chi connectivity index (χ3n) is 2.80. The van der Waals surface area contributed by atoms with Crippen LogP contribution in [0, 0.1) is 0 Å². The van der Waals surface area contributed by atoms with Crippen molar-refractivity contribution in [2.24, 2.45) is 0 Å². The molecular formula is C12H18O6. The van der Waals surface area contributed by atoms with Crippen molar-refractivity contribution in [3.8, 4) is 0 Å². The van der Waals surface area contributed by atoms with Gasteiger partial charge < -0.3 is 19.3 Å². The van der Waals surface area contributed by atoms with Gasteiger partial charge in [-0.05, 0) is 13.3 Å². The minimum Gasteiger partial charge on any atom is -0.456 e. The Balaban J connectivity index is 2.90. The molecule has 1 rings (SSSR count). The van der Waals surface area contributed by atoms with E-state index in [4.69, 9.17) is 14.2 Å². The van der Waals surface area contributed by atoms with E-state index in [1.807, 2.05) is 6.92 Å². The summed E-state index contributed by atoms with van der Waals surface area (Å²) < 4.78 is 15.1. The average molecular weight is 258 g/mol. The van der Waals surface area contributed by atoms with E-state index in [0.717, 1.165) is 12.5 Å². The molecule has 1 fully saturated rings. The van der Waals surface area contributed by atoms with Crippen LogP contribution in [0.1, 0.15) is 26.7 Å². The Bertz CT molecular complexity index is 348. The van der Waals surface area contributed by atoms with Crippen LogP contribution in [-0.2, 0) is 23.8 Å². The van der Waals surface area contributed by atoms with Gasteiger partial charge in [0.05, 0.1) is 6.61 Å². The van der Waals surface area contributed by atoms with Crippen LogP contribution in [0.15, 0.2) is 12.7 Å². The van der Waals surface area contributed by atoms with Crippen LogP contribution < -0.4 is 0 Å².